The van der Waals surface area contributed by atoms with Crippen molar-refractivity contribution in [2.24, 2.45) is 0 Å². The highest BCUT2D eigenvalue weighted by Crippen LogP contribution is 2.27. The van der Waals surface area contributed by atoms with Gasteiger partial charge in [-0.05, 0) is 37.6 Å². The van der Waals surface area contributed by atoms with Crippen LogP contribution >= 0.6 is 0 Å². The number of hydrogen-bond donors (Lipinski definition) is 1. The second-order valence-corrected chi connectivity index (χ2v) is 7.33. The molecule has 0 atom stereocenters. The highest BCUT2D eigenvalue weighted by atomic mass is 16.5. The standard InChI is InChI=1S/C22H26N4O2/c1-3-28-20-7-5-4-6-19(20)25-12-10-24(11-13-25)16-18-14-22(27)26-15-17(2)8-9-21(26)23-18/h4-9,14-15H,3,10-13,16H2,1-2H3/p+1. The van der Waals surface area contributed by atoms with Crippen LogP contribution in [0.4, 0.5) is 5.69 Å². The van der Waals surface area contributed by atoms with Crippen LogP contribution in [0, 0.1) is 6.92 Å². The number of hydrogen-bond acceptors (Lipinski definition) is 4. The van der Waals surface area contributed by atoms with E-state index in [-0.39, 0.29) is 5.56 Å². The number of para-hydroxylation sites is 2. The van der Waals surface area contributed by atoms with Crippen LogP contribution in [0.5, 0.6) is 5.75 Å². The van der Waals surface area contributed by atoms with Gasteiger partial charge in [-0.15, -0.1) is 0 Å². The number of aryl methyl sites for hydroxylation is 1. The molecule has 0 aliphatic carbocycles. The molecule has 6 nitrogen and oxygen atoms in total. The lowest BCUT2D eigenvalue weighted by Gasteiger charge is -2.34. The maximum absolute atomic E-state index is 12.4. The van der Waals surface area contributed by atoms with E-state index in [1.54, 1.807) is 10.5 Å². The molecule has 28 heavy (non-hydrogen) atoms. The van der Waals surface area contributed by atoms with E-state index < -0.39 is 0 Å². The van der Waals surface area contributed by atoms with E-state index in [0.29, 0.717) is 6.61 Å². The Morgan fingerprint density at radius 3 is 2.71 bits per heavy atom. The number of nitrogens with zero attached hydrogens (tertiary/aromatic N) is 3. The summed E-state index contributed by atoms with van der Waals surface area (Å²) in [6.07, 6.45) is 1.84. The van der Waals surface area contributed by atoms with E-state index in [1.165, 1.54) is 10.6 Å². The van der Waals surface area contributed by atoms with Crippen molar-refractivity contribution in [2.45, 2.75) is 20.4 Å². The van der Waals surface area contributed by atoms with Gasteiger partial charge in [-0.3, -0.25) is 9.20 Å². The molecule has 146 valence electrons. The monoisotopic (exact) mass is 379 g/mol. The maximum atomic E-state index is 12.4. The van der Waals surface area contributed by atoms with E-state index in [0.717, 1.165) is 55.4 Å². The molecule has 4 rings (SSSR count). The van der Waals surface area contributed by atoms with E-state index in [2.05, 4.69) is 17.0 Å². The van der Waals surface area contributed by atoms with Gasteiger partial charge in [0.1, 0.15) is 23.6 Å². The van der Waals surface area contributed by atoms with Crippen molar-refractivity contribution in [1.82, 2.24) is 9.38 Å². The summed E-state index contributed by atoms with van der Waals surface area (Å²) < 4.78 is 7.40. The zero-order chi connectivity index (χ0) is 19.5. The molecular formula is C22H27N4O2+. The first-order chi connectivity index (χ1) is 13.6. The number of pyridine rings is 1. The van der Waals surface area contributed by atoms with Crippen molar-refractivity contribution < 1.29 is 9.64 Å². The molecule has 1 aromatic carbocycles. The number of fused-ring (bicyclic) bond motifs is 1. The molecule has 1 saturated heterocycles. The number of anilines is 1. The number of quaternary nitrogens is 1. The van der Waals surface area contributed by atoms with Crippen molar-refractivity contribution in [1.29, 1.82) is 0 Å². The highest BCUT2D eigenvalue weighted by Gasteiger charge is 2.23. The summed E-state index contributed by atoms with van der Waals surface area (Å²) in [5.74, 6) is 0.952. The van der Waals surface area contributed by atoms with Crippen LogP contribution in [-0.4, -0.2) is 42.2 Å². The van der Waals surface area contributed by atoms with Gasteiger partial charge in [0.2, 0.25) is 0 Å². The van der Waals surface area contributed by atoms with E-state index in [1.807, 2.05) is 44.3 Å². The van der Waals surface area contributed by atoms with Crippen molar-refractivity contribution >= 4 is 11.3 Å². The number of piperazine rings is 1. The summed E-state index contributed by atoms with van der Waals surface area (Å²) in [6.45, 7) is 9.39. The van der Waals surface area contributed by atoms with Gasteiger partial charge in [0.25, 0.3) is 5.56 Å². The second-order valence-electron chi connectivity index (χ2n) is 7.33. The Bertz CT molecular complexity index is 1020. The minimum Gasteiger partial charge on any atom is -0.492 e. The van der Waals surface area contributed by atoms with Crippen LogP contribution in [-0.2, 0) is 6.54 Å². The lowest BCUT2D eigenvalue weighted by atomic mass is 10.2. The van der Waals surface area contributed by atoms with Crippen LogP contribution < -0.4 is 20.1 Å². The molecule has 3 heterocycles. The number of ether oxygens (including phenoxy) is 1. The Hall–Kier alpha value is -2.86. The van der Waals surface area contributed by atoms with Gasteiger partial charge >= 0.3 is 0 Å². The fraction of sp³-hybridized carbons (Fsp3) is 0.364. The van der Waals surface area contributed by atoms with Crippen molar-refractivity contribution in [3.8, 4) is 5.75 Å². The normalized spacial score (nSPS) is 15.1. The van der Waals surface area contributed by atoms with Crippen LogP contribution in [0.3, 0.4) is 0 Å². The second kappa shape index (κ2) is 8.02. The molecule has 1 aliphatic rings. The molecule has 1 fully saturated rings. The zero-order valence-corrected chi connectivity index (χ0v) is 16.5. The largest absolute Gasteiger partial charge is 0.492 e. The zero-order valence-electron chi connectivity index (χ0n) is 16.5. The third-order valence-corrected chi connectivity index (χ3v) is 5.27. The molecule has 0 saturated carbocycles. The first-order valence-corrected chi connectivity index (χ1v) is 9.93. The van der Waals surface area contributed by atoms with E-state index >= 15 is 0 Å². The van der Waals surface area contributed by atoms with Gasteiger partial charge in [-0.25, -0.2) is 4.98 Å². The SMILES string of the molecule is CCOc1ccccc1N1CC[NH+](Cc2cc(=O)n3cc(C)ccc3n2)CC1. The number of rotatable bonds is 5. The fourth-order valence-electron chi connectivity index (χ4n) is 3.84. The van der Waals surface area contributed by atoms with Crippen LogP contribution in [0.15, 0.2) is 53.5 Å². The van der Waals surface area contributed by atoms with Crippen LogP contribution in [0.25, 0.3) is 5.65 Å². The van der Waals surface area contributed by atoms with Gasteiger partial charge in [0.15, 0.2) is 0 Å². The van der Waals surface area contributed by atoms with Crippen molar-refractivity contribution in [3.63, 3.8) is 0 Å². The van der Waals surface area contributed by atoms with E-state index in [9.17, 15) is 4.79 Å². The van der Waals surface area contributed by atoms with Crippen molar-refractivity contribution in [3.05, 3.63) is 70.3 Å². The summed E-state index contributed by atoms with van der Waals surface area (Å²) in [5.41, 5.74) is 3.80. The Kier molecular flexibility index (Phi) is 5.30. The molecule has 1 N–H and O–H groups in total. The Balaban J connectivity index is 1.44. The lowest BCUT2D eigenvalue weighted by molar-refractivity contribution is -0.914. The predicted molar refractivity (Wildman–Crippen MR) is 110 cm³/mol. The summed E-state index contributed by atoms with van der Waals surface area (Å²) in [5, 5.41) is 0. The summed E-state index contributed by atoms with van der Waals surface area (Å²) in [6, 6.07) is 13.8. The topological polar surface area (TPSA) is 51.3 Å². The summed E-state index contributed by atoms with van der Waals surface area (Å²) >= 11 is 0. The number of nitrogens with one attached hydrogen (secondary N) is 1. The lowest BCUT2D eigenvalue weighted by Crippen LogP contribution is -3.13. The molecule has 0 radical (unpaired) electrons. The third-order valence-electron chi connectivity index (χ3n) is 5.27. The molecule has 0 unspecified atom stereocenters. The summed E-state index contributed by atoms with van der Waals surface area (Å²) in [4.78, 5) is 21.0. The first-order valence-electron chi connectivity index (χ1n) is 9.93. The Labute approximate surface area is 165 Å². The van der Waals surface area contributed by atoms with Crippen LogP contribution in [0.2, 0.25) is 0 Å². The number of aromatic nitrogens is 2. The Morgan fingerprint density at radius 1 is 1.14 bits per heavy atom. The minimum atomic E-state index is -0.00706. The molecular weight excluding hydrogens is 352 g/mol. The molecule has 3 aromatic rings. The summed E-state index contributed by atoms with van der Waals surface area (Å²) in [7, 11) is 0. The smallest absolute Gasteiger partial charge is 0.258 e. The predicted octanol–water partition coefficient (Wildman–Crippen LogP) is 1.31. The van der Waals surface area contributed by atoms with E-state index in [4.69, 9.17) is 9.72 Å². The molecule has 2 aromatic heterocycles. The minimum absolute atomic E-state index is 0.00706. The third kappa shape index (κ3) is 3.87. The van der Waals surface area contributed by atoms with Gasteiger partial charge in [-0.2, -0.15) is 0 Å². The molecule has 0 amide bonds. The Morgan fingerprint density at radius 2 is 1.93 bits per heavy atom. The molecule has 0 spiro atoms. The molecule has 0 bridgehead atoms. The van der Waals surface area contributed by atoms with Crippen molar-refractivity contribution in [2.75, 3.05) is 37.7 Å². The van der Waals surface area contributed by atoms with Crippen LogP contribution in [0.1, 0.15) is 18.2 Å². The number of benzene rings is 1. The van der Waals surface area contributed by atoms with Gasteiger partial charge < -0.3 is 14.5 Å². The quantitative estimate of drug-likeness (QED) is 0.726. The maximum Gasteiger partial charge on any atom is 0.258 e. The van der Waals surface area contributed by atoms with Gasteiger partial charge in [-0.1, -0.05) is 18.2 Å². The first kappa shape index (κ1) is 18.5. The van der Waals surface area contributed by atoms with Gasteiger partial charge in [0.05, 0.1) is 38.5 Å². The fourth-order valence-corrected chi connectivity index (χ4v) is 3.84. The van der Waals surface area contributed by atoms with Gasteiger partial charge in [0, 0.05) is 12.3 Å². The molecule has 1 aliphatic heterocycles. The highest BCUT2D eigenvalue weighted by molar-refractivity contribution is 5.58. The average molecular weight is 379 g/mol. The average Bonchev–Trinajstić information content (AvgIpc) is 2.70. The molecule has 6 heteroatoms.